The van der Waals surface area contributed by atoms with Crippen molar-refractivity contribution in [2.75, 3.05) is 13.1 Å². The topological polar surface area (TPSA) is 78.5 Å². The first-order valence-electron chi connectivity index (χ1n) is 10.2. The van der Waals surface area contributed by atoms with Crippen LogP contribution in [-0.4, -0.2) is 35.7 Å². The second-order valence-corrected chi connectivity index (χ2v) is 7.52. The van der Waals surface area contributed by atoms with Crippen molar-refractivity contribution in [1.82, 2.24) is 15.8 Å². The lowest BCUT2D eigenvalue weighted by Crippen LogP contribution is -2.48. The number of hydrazine groups is 1. The number of hydrogen-bond donors (Lipinski definition) is 2. The lowest BCUT2D eigenvalue weighted by molar-refractivity contribution is -0.127. The van der Waals surface area contributed by atoms with E-state index in [-0.39, 0.29) is 23.3 Å². The molecule has 1 aliphatic rings. The molecule has 31 heavy (non-hydrogen) atoms. The maximum Gasteiger partial charge on any atom is 0.272 e. The van der Waals surface area contributed by atoms with Gasteiger partial charge < -0.3 is 4.90 Å². The number of fused-ring (bicyclic) bond motifs is 1. The molecule has 0 aliphatic carbocycles. The smallest absolute Gasteiger partial charge is 0.272 e. The summed E-state index contributed by atoms with van der Waals surface area (Å²) in [5.74, 6) is -2.10. The van der Waals surface area contributed by atoms with E-state index in [2.05, 4.69) is 10.9 Å². The molecule has 1 aliphatic heterocycles. The molecule has 6 nitrogen and oxygen atoms in total. The molecule has 3 amide bonds. The van der Waals surface area contributed by atoms with Crippen LogP contribution in [0.15, 0.2) is 66.7 Å². The van der Waals surface area contributed by atoms with Gasteiger partial charge in [-0.05, 0) is 41.8 Å². The maximum atomic E-state index is 13.7. The zero-order valence-electron chi connectivity index (χ0n) is 16.8. The molecule has 3 aromatic carbocycles. The first-order chi connectivity index (χ1) is 15.0. The summed E-state index contributed by atoms with van der Waals surface area (Å²) in [4.78, 5) is 39.2. The second kappa shape index (κ2) is 8.95. The lowest BCUT2D eigenvalue weighted by Gasteiger charge is -2.31. The van der Waals surface area contributed by atoms with Crippen LogP contribution in [0.5, 0.6) is 0 Å². The fraction of sp³-hybridized carbons (Fsp3) is 0.208. The maximum absolute atomic E-state index is 13.7. The number of carbonyl (C=O) groups is 3. The van der Waals surface area contributed by atoms with Gasteiger partial charge in [-0.1, -0.05) is 48.5 Å². The number of halogens is 1. The minimum atomic E-state index is -0.713. The average Bonchev–Trinajstić information content (AvgIpc) is 2.82. The lowest BCUT2D eigenvalue weighted by atomic mass is 9.95. The summed E-state index contributed by atoms with van der Waals surface area (Å²) in [6.45, 7) is 0.892. The second-order valence-electron chi connectivity index (χ2n) is 7.52. The van der Waals surface area contributed by atoms with Gasteiger partial charge in [0, 0.05) is 24.6 Å². The van der Waals surface area contributed by atoms with Gasteiger partial charge in [0.05, 0.1) is 5.56 Å². The highest BCUT2D eigenvalue weighted by Gasteiger charge is 2.28. The summed E-state index contributed by atoms with van der Waals surface area (Å²) in [6, 6.07) is 19.0. The standard InChI is InChI=1S/C24H22FN3O3/c25-21-11-4-3-9-20(21)23(30)27-26-22(29)17-12-14-28(15-13-17)24(31)19-10-5-7-16-6-1-2-8-18(16)19/h1-11,17H,12-15H2,(H,26,29)(H,27,30). The molecule has 1 heterocycles. The van der Waals surface area contributed by atoms with Crippen molar-refractivity contribution < 1.29 is 18.8 Å². The third kappa shape index (κ3) is 4.40. The normalized spacial score (nSPS) is 14.3. The summed E-state index contributed by atoms with van der Waals surface area (Å²) in [7, 11) is 0. The SMILES string of the molecule is O=C(NNC(=O)C1CCN(C(=O)c2cccc3ccccc23)CC1)c1ccccc1F. The van der Waals surface area contributed by atoms with Crippen molar-refractivity contribution in [2.24, 2.45) is 5.92 Å². The molecule has 1 saturated heterocycles. The molecule has 0 bridgehead atoms. The summed E-state index contributed by atoms with van der Waals surface area (Å²) >= 11 is 0. The van der Waals surface area contributed by atoms with Crippen LogP contribution in [0, 0.1) is 11.7 Å². The summed E-state index contributed by atoms with van der Waals surface area (Å²) in [5.41, 5.74) is 5.14. The van der Waals surface area contributed by atoms with Crippen LogP contribution in [-0.2, 0) is 4.79 Å². The zero-order valence-corrected chi connectivity index (χ0v) is 16.8. The predicted octanol–water partition coefficient (Wildman–Crippen LogP) is 3.29. The molecule has 3 aromatic rings. The van der Waals surface area contributed by atoms with Crippen LogP contribution in [0.2, 0.25) is 0 Å². The highest BCUT2D eigenvalue weighted by atomic mass is 19.1. The number of carbonyl (C=O) groups excluding carboxylic acids is 3. The Balaban J connectivity index is 1.33. The Bertz CT molecular complexity index is 1130. The zero-order chi connectivity index (χ0) is 21.8. The van der Waals surface area contributed by atoms with Crippen LogP contribution in [0.4, 0.5) is 4.39 Å². The van der Waals surface area contributed by atoms with E-state index < -0.39 is 11.7 Å². The number of amides is 3. The highest BCUT2D eigenvalue weighted by Crippen LogP contribution is 2.23. The van der Waals surface area contributed by atoms with Crippen molar-refractivity contribution in [3.63, 3.8) is 0 Å². The molecule has 158 valence electrons. The molecule has 1 fully saturated rings. The van der Waals surface area contributed by atoms with E-state index in [0.29, 0.717) is 31.5 Å². The minimum absolute atomic E-state index is 0.0523. The number of nitrogens with one attached hydrogen (secondary N) is 2. The molecular weight excluding hydrogens is 397 g/mol. The van der Waals surface area contributed by atoms with Gasteiger partial charge in [0.1, 0.15) is 5.82 Å². The summed E-state index contributed by atoms with van der Waals surface area (Å²) in [5, 5.41) is 1.92. The quantitative estimate of drug-likeness (QED) is 0.640. The number of likely N-dealkylation sites (tertiary alicyclic amines) is 1. The minimum Gasteiger partial charge on any atom is -0.339 e. The van der Waals surface area contributed by atoms with Crippen LogP contribution < -0.4 is 10.9 Å². The number of nitrogens with zero attached hydrogens (tertiary/aromatic N) is 1. The Morgan fingerprint density at radius 2 is 1.45 bits per heavy atom. The summed E-state index contributed by atoms with van der Waals surface area (Å²) < 4.78 is 13.7. The van der Waals surface area contributed by atoms with E-state index >= 15 is 0 Å². The Kier molecular flexibility index (Phi) is 5.93. The third-order valence-corrected chi connectivity index (χ3v) is 5.59. The van der Waals surface area contributed by atoms with E-state index in [1.807, 2.05) is 42.5 Å². The first-order valence-corrected chi connectivity index (χ1v) is 10.2. The molecule has 4 rings (SSSR count). The van der Waals surface area contributed by atoms with Gasteiger partial charge in [0.15, 0.2) is 0 Å². The first kappa shape index (κ1) is 20.5. The van der Waals surface area contributed by atoms with Crippen LogP contribution in [0.1, 0.15) is 33.6 Å². The largest absolute Gasteiger partial charge is 0.339 e. The number of rotatable bonds is 3. The molecule has 0 saturated carbocycles. The molecule has 0 atom stereocenters. The van der Waals surface area contributed by atoms with Crippen molar-refractivity contribution in [1.29, 1.82) is 0 Å². The third-order valence-electron chi connectivity index (χ3n) is 5.59. The van der Waals surface area contributed by atoms with Crippen molar-refractivity contribution in [3.05, 3.63) is 83.7 Å². The van der Waals surface area contributed by atoms with E-state index in [0.717, 1.165) is 10.8 Å². The monoisotopic (exact) mass is 419 g/mol. The fourth-order valence-corrected chi connectivity index (χ4v) is 3.86. The van der Waals surface area contributed by atoms with Gasteiger partial charge >= 0.3 is 0 Å². The highest BCUT2D eigenvalue weighted by molar-refractivity contribution is 6.07. The number of piperidine rings is 1. The van der Waals surface area contributed by atoms with Gasteiger partial charge in [-0.25, -0.2) is 4.39 Å². The Labute approximate surface area is 179 Å². The Hall–Kier alpha value is -3.74. The van der Waals surface area contributed by atoms with Gasteiger partial charge in [-0.2, -0.15) is 0 Å². The van der Waals surface area contributed by atoms with Gasteiger partial charge in [0.25, 0.3) is 11.8 Å². The van der Waals surface area contributed by atoms with Gasteiger partial charge in [0.2, 0.25) is 5.91 Å². The molecule has 2 N–H and O–H groups in total. The van der Waals surface area contributed by atoms with E-state index in [9.17, 15) is 18.8 Å². The van der Waals surface area contributed by atoms with Gasteiger partial charge in [-0.3, -0.25) is 25.2 Å². The van der Waals surface area contributed by atoms with E-state index in [1.165, 1.54) is 18.2 Å². The van der Waals surface area contributed by atoms with Crippen LogP contribution in [0.3, 0.4) is 0 Å². The molecule has 7 heteroatoms. The van der Waals surface area contributed by atoms with Crippen LogP contribution >= 0.6 is 0 Å². The Morgan fingerprint density at radius 3 is 2.23 bits per heavy atom. The number of benzene rings is 3. The van der Waals surface area contributed by atoms with Crippen molar-refractivity contribution in [3.8, 4) is 0 Å². The molecular formula is C24H22FN3O3. The molecule has 0 unspecified atom stereocenters. The fourth-order valence-electron chi connectivity index (χ4n) is 3.86. The Morgan fingerprint density at radius 1 is 0.806 bits per heavy atom. The molecule has 0 aromatic heterocycles. The van der Waals surface area contributed by atoms with Crippen molar-refractivity contribution in [2.45, 2.75) is 12.8 Å². The van der Waals surface area contributed by atoms with Gasteiger partial charge in [-0.15, -0.1) is 0 Å². The van der Waals surface area contributed by atoms with E-state index in [1.54, 1.807) is 11.0 Å². The van der Waals surface area contributed by atoms with E-state index in [4.69, 9.17) is 0 Å². The van der Waals surface area contributed by atoms with Crippen LogP contribution in [0.25, 0.3) is 10.8 Å². The number of hydrogen-bond acceptors (Lipinski definition) is 3. The average molecular weight is 419 g/mol. The van der Waals surface area contributed by atoms with Crippen molar-refractivity contribution >= 4 is 28.5 Å². The molecule has 0 radical (unpaired) electrons. The summed E-state index contributed by atoms with van der Waals surface area (Å²) in [6.07, 6.45) is 0.968. The predicted molar refractivity (Wildman–Crippen MR) is 115 cm³/mol. The molecule has 0 spiro atoms.